The van der Waals surface area contributed by atoms with Crippen molar-refractivity contribution in [2.75, 3.05) is 17.7 Å². The monoisotopic (exact) mass is 320 g/mol. The highest BCUT2D eigenvalue weighted by Gasteiger charge is 2.19. The second-order valence-electron chi connectivity index (χ2n) is 4.61. The smallest absolute Gasteiger partial charge is 0.129 e. The van der Waals surface area contributed by atoms with Gasteiger partial charge in [0.05, 0.1) is 31.2 Å². The summed E-state index contributed by atoms with van der Waals surface area (Å²) in [5, 5.41) is 0. The van der Waals surface area contributed by atoms with Gasteiger partial charge in [-0.3, -0.25) is 4.98 Å². The van der Waals surface area contributed by atoms with Crippen LogP contribution in [0.25, 0.3) is 5.76 Å². The summed E-state index contributed by atoms with van der Waals surface area (Å²) >= 11 is -1.29. The summed E-state index contributed by atoms with van der Waals surface area (Å²) in [6.45, 7) is 3.88. The Hall–Kier alpha value is -2.05. The average molecular weight is 320 g/mol. The quantitative estimate of drug-likeness (QED) is 0.606. The van der Waals surface area contributed by atoms with Crippen molar-refractivity contribution in [2.24, 2.45) is 0 Å². The lowest BCUT2D eigenvalue weighted by Crippen LogP contribution is -2.29. The molecule has 0 fully saturated rings. The van der Waals surface area contributed by atoms with E-state index in [4.69, 9.17) is 4.74 Å². The van der Waals surface area contributed by atoms with Gasteiger partial charge in [-0.15, -0.1) is 0 Å². The van der Waals surface area contributed by atoms with Crippen LogP contribution in [0.5, 0.6) is 0 Å². The molecule has 1 aromatic carbocycles. The molecule has 0 saturated heterocycles. The Labute approximate surface area is 132 Å². The SMILES string of the molecule is C=C(OC)c1ccc(CN(c2cccnc2)[S+](C)[O-])c(F)c1. The van der Waals surface area contributed by atoms with E-state index in [0.29, 0.717) is 22.6 Å². The summed E-state index contributed by atoms with van der Waals surface area (Å²) in [4.78, 5) is 4.00. The van der Waals surface area contributed by atoms with Crippen LogP contribution in [0.3, 0.4) is 0 Å². The summed E-state index contributed by atoms with van der Waals surface area (Å²) in [5.74, 6) is 0.00340. The fraction of sp³-hybridized carbons (Fsp3) is 0.188. The van der Waals surface area contributed by atoms with Crippen molar-refractivity contribution in [3.8, 4) is 0 Å². The van der Waals surface area contributed by atoms with Crippen LogP contribution in [0.15, 0.2) is 49.3 Å². The number of rotatable bonds is 6. The highest BCUT2D eigenvalue weighted by Crippen LogP contribution is 2.22. The van der Waals surface area contributed by atoms with E-state index in [0.717, 1.165) is 0 Å². The molecule has 1 unspecified atom stereocenters. The second kappa shape index (κ2) is 7.29. The number of hydrogen-bond acceptors (Lipinski definition) is 4. The van der Waals surface area contributed by atoms with E-state index in [-0.39, 0.29) is 6.54 Å². The molecular formula is C16H17FN2O2S. The Morgan fingerprint density at radius 2 is 2.23 bits per heavy atom. The molecule has 116 valence electrons. The van der Waals surface area contributed by atoms with Crippen molar-refractivity contribution < 1.29 is 13.7 Å². The van der Waals surface area contributed by atoms with Gasteiger partial charge >= 0.3 is 0 Å². The first-order chi connectivity index (χ1) is 10.5. The molecule has 1 atom stereocenters. The number of nitrogens with zero attached hydrogens (tertiary/aromatic N) is 2. The summed E-state index contributed by atoms with van der Waals surface area (Å²) in [5.41, 5.74) is 1.69. The zero-order chi connectivity index (χ0) is 16.1. The molecule has 4 nitrogen and oxygen atoms in total. The molecule has 0 bridgehead atoms. The standard InChI is InChI=1S/C16H17FN2O2S/c1-12(21-2)13-6-7-14(16(17)9-13)11-19(22(3)20)15-5-4-8-18-10-15/h4-10H,1,11H2,2-3H3. The van der Waals surface area contributed by atoms with E-state index in [2.05, 4.69) is 11.6 Å². The molecule has 1 heterocycles. The molecule has 0 aliphatic rings. The Morgan fingerprint density at radius 3 is 2.77 bits per heavy atom. The summed E-state index contributed by atoms with van der Waals surface area (Å²) in [6.07, 6.45) is 4.78. The maximum absolute atomic E-state index is 14.2. The average Bonchev–Trinajstić information content (AvgIpc) is 2.53. The number of hydrogen-bond donors (Lipinski definition) is 0. The molecule has 2 rings (SSSR count). The molecule has 0 amide bonds. The summed E-state index contributed by atoms with van der Waals surface area (Å²) in [6, 6.07) is 8.27. The molecule has 0 saturated carbocycles. The van der Waals surface area contributed by atoms with Gasteiger partial charge in [0.2, 0.25) is 0 Å². The van der Waals surface area contributed by atoms with Crippen LogP contribution in [0.2, 0.25) is 0 Å². The minimum atomic E-state index is -1.29. The number of ether oxygens (including phenoxy) is 1. The van der Waals surface area contributed by atoms with E-state index in [1.54, 1.807) is 47.2 Å². The highest BCUT2D eigenvalue weighted by atomic mass is 32.2. The number of aromatic nitrogens is 1. The maximum Gasteiger partial charge on any atom is 0.129 e. The first kappa shape index (κ1) is 16.3. The zero-order valence-electron chi connectivity index (χ0n) is 12.5. The largest absolute Gasteiger partial charge is 0.593 e. The van der Waals surface area contributed by atoms with Gasteiger partial charge in [-0.05, 0) is 18.2 Å². The summed E-state index contributed by atoms with van der Waals surface area (Å²) in [7, 11) is 1.48. The maximum atomic E-state index is 14.2. The minimum absolute atomic E-state index is 0.181. The lowest BCUT2D eigenvalue weighted by molar-refractivity contribution is 0.371. The number of benzene rings is 1. The van der Waals surface area contributed by atoms with E-state index in [1.807, 2.05) is 0 Å². The van der Waals surface area contributed by atoms with Crippen molar-refractivity contribution in [3.63, 3.8) is 0 Å². The van der Waals surface area contributed by atoms with Gasteiger partial charge in [-0.25, -0.2) is 4.39 Å². The molecule has 0 spiro atoms. The first-order valence-electron chi connectivity index (χ1n) is 6.55. The molecule has 2 aromatic rings. The lowest BCUT2D eigenvalue weighted by Gasteiger charge is -2.23. The van der Waals surface area contributed by atoms with Crippen LogP contribution in [-0.4, -0.2) is 22.9 Å². The molecule has 0 N–H and O–H groups in total. The fourth-order valence-corrected chi connectivity index (χ4v) is 2.68. The van der Waals surface area contributed by atoms with Crippen molar-refractivity contribution in [3.05, 3.63) is 66.2 Å². The van der Waals surface area contributed by atoms with E-state index < -0.39 is 17.2 Å². The highest BCUT2D eigenvalue weighted by molar-refractivity contribution is 7.92. The first-order valence-corrected chi connectivity index (χ1v) is 8.07. The van der Waals surface area contributed by atoms with Gasteiger partial charge < -0.3 is 9.29 Å². The van der Waals surface area contributed by atoms with E-state index >= 15 is 0 Å². The van der Waals surface area contributed by atoms with Crippen molar-refractivity contribution in [2.45, 2.75) is 6.54 Å². The van der Waals surface area contributed by atoms with Gasteiger partial charge in [0, 0.05) is 17.3 Å². The van der Waals surface area contributed by atoms with Crippen LogP contribution in [0, 0.1) is 5.82 Å². The fourth-order valence-electron chi connectivity index (χ4n) is 1.95. The Balaban J connectivity index is 2.26. The predicted molar refractivity (Wildman–Crippen MR) is 86.9 cm³/mol. The van der Waals surface area contributed by atoms with Crippen molar-refractivity contribution >= 4 is 22.8 Å². The third-order valence-corrected chi connectivity index (χ3v) is 4.14. The molecule has 22 heavy (non-hydrogen) atoms. The van der Waals surface area contributed by atoms with Gasteiger partial charge in [0.1, 0.15) is 23.5 Å². The van der Waals surface area contributed by atoms with Crippen LogP contribution in [0.4, 0.5) is 10.1 Å². The molecule has 0 aliphatic carbocycles. The van der Waals surface area contributed by atoms with Crippen molar-refractivity contribution in [1.82, 2.24) is 4.98 Å². The van der Waals surface area contributed by atoms with Crippen LogP contribution < -0.4 is 4.31 Å². The van der Waals surface area contributed by atoms with Gasteiger partial charge in [0.15, 0.2) is 0 Å². The van der Waals surface area contributed by atoms with Crippen LogP contribution >= 0.6 is 0 Å². The van der Waals surface area contributed by atoms with Crippen LogP contribution in [0.1, 0.15) is 11.1 Å². The number of anilines is 1. The normalized spacial score (nSPS) is 11.8. The van der Waals surface area contributed by atoms with E-state index in [9.17, 15) is 8.94 Å². The number of pyridine rings is 1. The molecule has 1 aromatic heterocycles. The Kier molecular flexibility index (Phi) is 5.41. The third kappa shape index (κ3) is 3.78. The van der Waals surface area contributed by atoms with Gasteiger partial charge in [-0.2, -0.15) is 4.31 Å². The number of halogens is 1. The lowest BCUT2D eigenvalue weighted by atomic mass is 10.1. The van der Waals surface area contributed by atoms with Gasteiger partial charge in [-0.1, -0.05) is 18.7 Å². The zero-order valence-corrected chi connectivity index (χ0v) is 13.3. The Bertz CT molecular complexity index is 650. The van der Waals surface area contributed by atoms with E-state index in [1.165, 1.54) is 13.2 Å². The molecule has 6 heteroatoms. The minimum Gasteiger partial charge on any atom is -0.593 e. The topological polar surface area (TPSA) is 48.4 Å². The predicted octanol–water partition coefficient (Wildman–Crippen LogP) is 3.14. The van der Waals surface area contributed by atoms with Crippen LogP contribution in [-0.2, 0) is 22.6 Å². The summed E-state index contributed by atoms with van der Waals surface area (Å²) < 4.78 is 32.8. The molecule has 0 radical (unpaired) electrons. The number of methoxy groups -OCH3 is 1. The second-order valence-corrected chi connectivity index (χ2v) is 5.89. The van der Waals surface area contributed by atoms with Gasteiger partial charge in [0.25, 0.3) is 0 Å². The molecular weight excluding hydrogens is 303 g/mol. The Morgan fingerprint density at radius 1 is 1.45 bits per heavy atom. The third-order valence-electron chi connectivity index (χ3n) is 3.18. The molecule has 0 aliphatic heterocycles. The van der Waals surface area contributed by atoms with Crippen molar-refractivity contribution in [1.29, 1.82) is 0 Å².